The van der Waals surface area contributed by atoms with Crippen LogP contribution >= 0.6 is 0 Å². The molecule has 58 heavy (non-hydrogen) atoms. The molecule has 0 aliphatic carbocycles. The number of hydrogen-bond donors (Lipinski definition) is 2. The minimum Gasteiger partial charge on any atom is -0.463 e. The maximum atomic E-state index is 12.8. The van der Waals surface area contributed by atoms with Gasteiger partial charge >= 0.3 is 41.8 Å². The van der Waals surface area contributed by atoms with Crippen molar-refractivity contribution >= 4 is 53.6 Å². The number of amides is 2. The van der Waals surface area contributed by atoms with Gasteiger partial charge in [-0.05, 0) is 5.53 Å². The van der Waals surface area contributed by atoms with Gasteiger partial charge in [-0.15, -0.1) is 0 Å². The Morgan fingerprint density at radius 2 is 1.16 bits per heavy atom. The highest BCUT2D eigenvalue weighted by Crippen LogP contribution is 2.30. The molecular formula is C33H45N5O20. The lowest BCUT2D eigenvalue weighted by atomic mass is 9.98. The Morgan fingerprint density at radius 1 is 0.655 bits per heavy atom. The normalized spacial score (nSPS) is 24.2. The van der Waals surface area contributed by atoms with Crippen molar-refractivity contribution in [2.45, 2.75) is 104 Å². The summed E-state index contributed by atoms with van der Waals surface area (Å²) in [6.07, 6.45) is -10.3. The molecule has 2 heterocycles. The SMILES string of the molecule is CC(=O)OCC1OC(OCC(=O)NCC(CNC(=O)COC2OC(COC(C)=O)C(OC(C)=O)C(OC(C)=O)C2OC(C)=O)N=[N+]=[N-])C(OC(C)=O)C=C1OC(C)=O. The third-order valence-electron chi connectivity index (χ3n) is 7.20. The third-order valence-corrected chi connectivity index (χ3v) is 7.20. The maximum absolute atomic E-state index is 12.8. The molecule has 0 aromatic rings. The molecular weight excluding hydrogens is 786 g/mol. The quantitative estimate of drug-likeness (QED) is 0.0472. The molecule has 25 nitrogen and oxygen atoms in total. The summed E-state index contributed by atoms with van der Waals surface area (Å²) in [6, 6.07) is -1.08. The van der Waals surface area contributed by atoms with Crippen LogP contribution in [0.1, 0.15) is 48.5 Å². The molecule has 0 bridgehead atoms. The van der Waals surface area contributed by atoms with Crippen molar-refractivity contribution < 1.29 is 95.3 Å². The molecule has 25 heteroatoms. The van der Waals surface area contributed by atoms with Crippen LogP contribution < -0.4 is 10.6 Å². The summed E-state index contributed by atoms with van der Waals surface area (Å²) in [5, 5.41) is 8.38. The number of nitrogens with zero attached hydrogens (tertiary/aromatic N) is 3. The largest absolute Gasteiger partial charge is 0.463 e. The molecule has 0 aromatic heterocycles. The lowest BCUT2D eigenvalue weighted by molar-refractivity contribution is -0.306. The summed E-state index contributed by atoms with van der Waals surface area (Å²) >= 11 is 0. The first-order chi connectivity index (χ1) is 27.3. The van der Waals surface area contributed by atoms with Crippen molar-refractivity contribution in [1.29, 1.82) is 0 Å². The molecule has 2 rings (SSSR count). The van der Waals surface area contributed by atoms with Crippen molar-refractivity contribution in [2.75, 3.05) is 39.5 Å². The fourth-order valence-corrected chi connectivity index (χ4v) is 5.08. The van der Waals surface area contributed by atoms with Gasteiger partial charge in [0.25, 0.3) is 0 Å². The van der Waals surface area contributed by atoms with E-state index in [0.717, 1.165) is 48.5 Å². The number of nitrogens with one attached hydrogen (secondary N) is 2. The summed E-state index contributed by atoms with van der Waals surface area (Å²) in [7, 11) is 0. The van der Waals surface area contributed by atoms with Crippen LogP contribution in [0.3, 0.4) is 0 Å². The summed E-state index contributed by atoms with van der Waals surface area (Å²) in [4.78, 5) is 110. The highest BCUT2D eigenvalue weighted by Gasteiger charge is 2.53. The van der Waals surface area contributed by atoms with Gasteiger partial charge in [0.2, 0.25) is 11.8 Å². The van der Waals surface area contributed by atoms with Crippen LogP contribution in [0, 0.1) is 0 Å². The molecule has 2 amide bonds. The maximum Gasteiger partial charge on any atom is 0.307 e. The molecule has 2 aliphatic heterocycles. The van der Waals surface area contributed by atoms with Gasteiger partial charge in [-0.2, -0.15) is 0 Å². The van der Waals surface area contributed by atoms with E-state index in [9.17, 15) is 43.2 Å². The van der Waals surface area contributed by atoms with Crippen LogP contribution in [0.15, 0.2) is 16.9 Å². The lowest BCUT2D eigenvalue weighted by Crippen LogP contribution is -2.63. The number of rotatable bonds is 20. The van der Waals surface area contributed by atoms with Crippen molar-refractivity contribution in [2.24, 2.45) is 5.11 Å². The van der Waals surface area contributed by atoms with Gasteiger partial charge in [-0.25, -0.2) is 0 Å². The Bertz CT molecular complexity index is 1610. The third kappa shape index (κ3) is 17.5. The average Bonchev–Trinajstić information content (AvgIpc) is 3.11. The van der Waals surface area contributed by atoms with E-state index < -0.39 is 135 Å². The van der Waals surface area contributed by atoms with Gasteiger partial charge in [-0.3, -0.25) is 43.2 Å². The second-order valence-electron chi connectivity index (χ2n) is 12.2. The molecule has 9 atom stereocenters. The van der Waals surface area contributed by atoms with E-state index in [4.69, 9.17) is 57.6 Å². The van der Waals surface area contributed by atoms with Crippen LogP contribution in [0.4, 0.5) is 0 Å². The fourth-order valence-electron chi connectivity index (χ4n) is 5.08. The smallest absolute Gasteiger partial charge is 0.307 e. The van der Waals surface area contributed by atoms with E-state index in [2.05, 4.69) is 20.7 Å². The summed E-state index contributed by atoms with van der Waals surface area (Å²) in [6.45, 7) is 4.38. The van der Waals surface area contributed by atoms with E-state index >= 15 is 0 Å². The van der Waals surface area contributed by atoms with Gasteiger partial charge in [0, 0.05) is 72.5 Å². The number of azide groups is 1. The van der Waals surface area contributed by atoms with Gasteiger partial charge in [-0.1, -0.05) is 5.11 Å². The van der Waals surface area contributed by atoms with Gasteiger partial charge in [0.05, 0.1) is 6.04 Å². The number of hydrogen-bond acceptors (Lipinski definition) is 21. The molecule has 1 saturated heterocycles. The lowest BCUT2D eigenvalue weighted by Gasteiger charge is -2.43. The molecule has 2 N–H and O–H groups in total. The second-order valence-corrected chi connectivity index (χ2v) is 12.2. The minimum absolute atomic E-state index is 0.132. The average molecular weight is 832 g/mol. The van der Waals surface area contributed by atoms with Crippen molar-refractivity contribution in [3.63, 3.8) is 0 Å². The predicted molar refractivity (Wildman–Crippen MR) is 184 cm³/mol. The standard InChI is InChI=1S/C33H45N5O20/c1-15(39)48-11-25-23(52-17(3)41)8-24(53-18(4)42)32(57-25)50-13-27(46)35-9-22(37-38-34)10-36-28(47)14-51-33-31(56-21(7)45)30(55-20(6)44)29(54-19(5)43)26(58-33)12-49-16(2)40/h8,22,24-26,29-33H,9-14H2,1-7H3,(H,35,46)(H,36,47). The fraction of sp³-hybridized carbons (Fsp3) is 0.667. The van der Waals surface area contributed by atoms with Gasteiger partial charge in [0.1, 0.15) is 38.3 Å². The first-order valence-corrected chi connectivity index (χ1v) is 17.3. The molecule has 322 valence electrons. The molecule has 0 saturated carbocycles. The van der Waals surface area contributed by atoms with Crippen LogP contribution in [0.25, 0.3) is 10.4 Å². The van der Waals surface area contributed by atoms with E-state index in [-0.39, 0.29) is 18.8 Å². The van der Waals surface area contributed by atoms with E-state index in [1.54, 1.807) is 0 Å². The Balaban J connectivity index is 2.07. The zero-order valence-electron chi connectivity index (χ0n) is 32.5. The van der Waals surface area contributed by atoms with Crippen molar-refractivity contribution in [1.82, 2.24) is 10.6 Å². The minimum atomic E-state index is -1.65. The molecule has 0 radical (unpaired) electrons. The summed E-state index contributed by atoms with van der Waals surface area (Å²) in [5.41, 5.74) is 9.06. The Kier molecular flexibility index (Phi) is 20.0. The number of esters is 7. The van der Waals surface area contributed by atoms with E-state index in [1.807, 2.05) is 0 Å². The Hall–Kier alpha value is -5.88. The van der Waals surface area contributed by atoms with Crippen molar-refractivity contribution in [3.8, 4) is 0 Å². The van der Waals surface area contributed by atoms with Crippen LogP contribution in [0.2, 0.25) is 0 Å². The Labute approximate surface area is 330 Å². The summed E-state index contributed by atoms with van der Waals surface area (Å²) < 4.78 is 58.6. The van der Waals surface area contributed by atoms with Gasteiger partial charge < -0.3 is 62.7 Å². The van der Waals surface area contributed by atoms with Crippen LogP contribution in [-0.2, 0) is 95.3 Å². The highest BCUT2D eigenvalue weighted by atomic mass is 16.7. The predicted octanol–water partition coefficient (Wildman–Crippen LogP) is -1.32. The first-order valence-electron chi connectivity index (χ1n) is 17.3. The second kappa shape index (κ2) is 24.0. The van der Waals surface area contributed by atoms with E-state index in [0.29, 0.717) is 0 Å². The van der Waals surface area contributed by atoms with Crippen LogP contribution in [0.5, 0.6) is 0 Å². The van der Waals surface area contributed by atoms with E-state index in [1.165, 1.54) is 6.08 Å². The monoisotopic (exact) mass is 831 g/mol. The number of ether oxygens (including phenoxy) is 11. The molecule has 2 aliphatic rings. The highest BCUT2D eigenvalue weighted by molar-refractivity contribution is 5.78. The summed E-state index contributed by atoms with van der Waals surface area (Å²) in [5.74, 6) is -7.30. The Morgan fingerprint density at radius 3 is 1.66 bits per heavy atom. The van der Waals surface area contributed by atoms with Crippen LogP contribution in [-0.4, -0.2) is 148 Å². The van der Waals surface area contributed by atoms with Crippen molar-refractivity contribution in [3.05, 3.63) is 22.3 Å². The topological polar surface area (TPSA) is 328 Å². The zero-order chi connectivity index (χ0) is 43.5. The molecule has 0 spiro atoms. The molecule has 9 unspecified atom stereocenters. The number of carbonyl (C=O) groups is 9. The zero-order valence-corrected chi connectivity index (χ0v) is 32.5. The molecule has 0 aromatic carbocycles. The van der Waals surface area contributed by atoms with Gasteiger partial charge in [0.15, 0.2) is 43.1 Å². The molecule has 1 fully saturated rings. The first kappa shape index (κ1) is 48.3. The number of carbonyl (C=O) groups excluding carboxylic acids is 9.